The van der Waals surface area contributed by atoms with Crippen LogP contribution in [0.2, 0.25) is 5.02 Å². The van der Waals surface area contributed by atoms with Gasteiger partial charge >= 0.3 is 0 Å². The van der Waals surface area contributed by atoms with E-state index >= 15 is 0 Å². The van der Waals surface area contributed by atoms with Gasteiger partial charge in [0.25, 0.3) is 5.91 Å². The van der Waals surface area contributed by atoms with Crippen LogP contribution < -0.4 is 0 Å². The van der Waals surface area contributed by atoms with Crippen LogP contribution in [0.1, 0.15) is 21.3 Å². The van der Waals surface area contributed by atoms with Crippen molar-refractivity contribution >= 4 is 29.0 Å². The van der Waals surface area contributed by atoms with Crippen LogP contribution in [0.15, 0.2) is 28.8 Å². The smallest absolute Gasteiger partial charge is 0.267 e. The lowest BCUT2D eigenvalue weighted by Crippen LogP contribution is -2.48. The Labute approximate surface area is 164 Å². The van der Waals surface area contributed by atoms with Crippen LogP contribution in [0.5, 0.6) is 0 Å². The molecule has 1 saturated heterocycles. The molecule has 0 saturated carbocycles. The second-order valence-electron chi connectivity index (χ2n) is 6.27. The van der Waals surface area contributed by atoms with Crippen LogP contribution in [0, 0.1) is 6.92 Å². The Morgan fingerprint density at radius 1 is 1.22 bits per heavy atom. The molecule has 2 aromatic heterocycles. The zero-order valence-electron chi connectivity index (χ0n) is 14.6. The zero-order valence-corrected chi connectivity index (χ0v) is 16.2. The number of rotatable bonds is 4. The number of carbonyl (C=O) groups excluding carboxylic acids is 1. The third-order valence-electron chi connectivity index (χ3n) is 4.43. The molecule has 1 fully saturated rings. The molecule has 0 N–H and O–H groups in total. The molecule has 1 aliphatic heterocycles. The van der Waals surface area contributed by atoms with Crippen LogP contribution >= 0.6 is 23.1 Å². The number of halogens is 1. The van der Waals surface area contributed by atoms with E-state index in [1.165, 1.54) is 0 Å². The van der Waals surface area contributed by atoms with Gasteiger partial charge in [-0.05, 0) is 42.7 Å². The van der Waals surface area contributed by atoms with Gasteiger partial charge in [0.05, 0.1) is 12.2 Å². The predicted molar refractivity (Wildman–Crippen MR) is 101 cm³/mol. The summed E-state index contributed by atoms with van der Waals surface area (Å²) in [7, 11) is 0. The number of amides is 1. The quantitative estimate of drug-likeness (QED) is 0.660. The minimum Gasteiger partial charge on any atom is -0.338 e. The summed E-state index contributed by atoms with van der Waals surface area (Å²) >= 11 is 7.05. The maximum atomic E-state index is 12.5. The third kappa shape index (κ3) is 4.00. The van der Waals surface area contributed by atoms with Crippen molar-refractivity contribution in [1.29, 1.82) is 0 Å². The third-order valence-corrected chi connectivity index (χ3v) is 5.50. The van der Waals surface area contributed by atoms with E-state index in [1.54, 1.807) is 19.1 Å². The van der Waals surface area contributed by atoms with Crippen molar-refractivity contribution in [2.45, 2.75) is 13.5 Å². The summed E-state index contributed by atoms with van der Waals surface area (Å²) in [4.78, 5) is 21.6. The lowest BCUT2D eigenvalue weighted by atomic mass is 10.2. The number of benzene rings is 1. The van der Waals surface area contributed by atoms with E-state index in [1.807, 2.05) is 17.0 Å². The van der Waals surface area contributed by atoms with Gasteiger partial charge in [0.15, 0.2) is 0 Å². The van der Waals surface area contributed by atoms with E-state index < -0.39 is 0 Å². The number of nitrogens with zero attached hydrogens (tertiary/aromatic N) is 6. The molecule has 8 nitrogen and oxygen atoms in total. The first-order valence-electron chi connectivity index (χ1n) is 8.49. The molecule has 27 heavy (non-hydrogen) atoms. The predicted octanol–water partition coefficient (Wildman–Crippen LogP) is 2.51. The van der Waals surface area contributed by atoms with Crippen molar-refractivity contribution in [2.24, 2.45) is 0 Å². The Balaban J connectivity index is 1.34. The molecule has 0 bridgehead atoms. The summed E-state index contributed by atoms with van der Waals surface area (Å²) in [6, 6.07) is 7.31. The zero-order chi connectivity index (χ0) is 18.8. The highest BCUT2D eigenvalue weighted by Gasteiger charge is 2.25. The molecule has 0 spiro atoms. The topological polar surface area (TPSA) is 88.3 Å². The van der Waals surface area contributed by atoms with Gasteiger partial charge in [-0.3, -0.25) is 9.69 Å². The van der Waals surface area contributed by atoms with E-state index in [4.69, 9.17) is 16.1 Å². The molecule has 0 aliphatic carbocycles. The minimum atomic E-state index is 0.00460. The van der Waals surface area contributed by atoms with E-state index in [9.17, 15) is 4.79 Å². The molecule has 140 valence electrons. The lowest BCUT2D eigenvalue weighted by Gasteiger charge is -2.33. The second-order valence-corrected chi connectivity index (χ2v) is 7.46. The Morgan fingerprint density at radius 2 is 1.96 bits per heavy atom. The highest BCUT2D eigenvalue weighted by molar-refractivity contribution is 7.07. The molecule has 3 heterocycles. The first-order chi connectivity index (χ1) is 13.1. The van der Waals surface area contributed by atoms with E-state index in [2.05, 4.69) is 24.6 Å². The average Bonchev–Trinajstić information content (AvgIpc) is 3.31. The first-order valence-corrected chi connectivity index (χ1v) is 9.64. The van der Waals surface area contributed by atoms with E-state index in [0.717, 1.165) is 30.2 Å². The largest absolute Gasteiger partial charge is 0.338 e. The van der Waals surface area contributed by atoms with Crippen LogP contribution in [0.4, 0.5) is 0 Å². The van der Waals surface area contributed by atoms with Gasteiger partial charge in [0, 0.05) is 36.8 Å². The summed E-state index contributed by atoms with van der Waals surface area (Å²) in [5.41, 5.74) is 1.55. The number of hydrogen-bond acceptors (Lipinski definition) is 8. The van der Waals surface area contributed by atoms with Crippen molar-refractivity contribution in [3.05, 3.63) is 45.7 Å². The summed E-state index contributed by atoms with van der Waals surface area (Å²) in [6.07, 6.45) is 0. The van der Waals surface area contributed by atoms with Crippen molar-refractivity contribution in [3.63, 3.8) is 0 Å². The Bertz CT molecular complexity index is 933. The number of piperazine rings is 1. The molecule has 0 unspecified atom stereocenters. The van der Waals surface area contributed by atoms with Crippen molar-refractivity contribution < 1.29 is 9.32 Å². The van der Waals surface area contributed by atoms with Gasteiger partial charge in [0.1, 0.15) is 4.88 Å². The van der Waals surface area contributed by atoms with Crippen molar-refractivity contribution in [1.82, 2.24) is 29.5 Å². The monoisotopic (exact) mass is 404 g/mol. The van der Waals surface area contributed by atoms with Gasteiger partial charge in [-0.1, -0.05) is 21.2 Å². The van der Waals surface area contributed by atoms with Crippen molar-refractivity contribution in [2.75, 3.05) is 26.2 Å². The molecular formula is C17H17ClN6O2S. The molecule has 1 aromatic carbocycles. The molecule has 1 aliphatic rings. The summed E-state index contributed by atoms with van der Waals surface area (Å²) < 4.78 is 9.21. The fourth-order valence-corrected chi connectivity index (χ4v) is 3.66. The molecule has 3 aromatic rings. The van der Waals surface area contributed by atoms with E-state index in [-0.39, 0.29) is 5.91 Å². The van der Waals surface area contributed by atoms with Gasteiger partial charge in [-0.15, -0.1) is 5.10 Å². The average molecular weight is 405 g/mol. The van der Waals surface area contributed by atoms with Gasteiger partial charge in [-0.25, -0.2) is 0 Å². The Kier molecular flexibility index (Phi) is 5.15. The summed E-state index contributed by atoms with van der Waals surface area (Å²) in [5, 5.41) is 8.61. The summed E-state index contributed by atoms with van der Waals surface area (Å²) in [5.74, 6) is 1.11. The molecule has 0 atom stereocenters. The van der Waals surface area contributed by atoms with Crippen LogP contribution in [0.25, 0.3) is 11.4 Å². The maximum absolute atomic E-state index is 12.5. The van der Waals surface area contributed by atoms with Gasteiger partial charge in [0.2, 0.25) is 11.7 Å². The molecule has 1 amide bonds. The molecule has 4 rings (SSSR count). The highest BCUT2D eigenvalue weighted by Crippen LogP contribution is 2.20. The number of hydrogen-bond donors (Lipinski definition) is 0. The normalized spacial score (nSPS) is 15.3. The van der Waals surface area contributed by atoms with Crippen LogP contribution in [-0.4, -0.2) is 61.6 Å². The fourth-order valence-electron chi connectivity index (χ4n) is 2.91. The number of aryl methyl sites for hydroxylation is 1. The van der Waals surface area contributed by atoms with E-state index in [0.29, 0.717) is 46.9 Å². The summed E-state index contributed by atoms with van der Waals surface area (Å²) in [6.45, 7) is 5.15. The highest BCUT2D eigenvalue weighted by atomic mass is 35.5. The molecule has 0 radical (unpaired) electrons. The van der Waals surface area contributed by atoms with Crippen molar-refractivity contribution in [3.8, 4) is 11.4 Å². The molecule has 10 heteroatoms. The second kappa shape index (κ2) is 7.71. The standard InChI is InChI=1S/C17H17ClN6O2S/c1-11-15(27-22-20-11)17(25)24-8-6-23(7-9-24)10-14-19-16(21-26-14)12-2-4-13(18)5-3-12/h2-5H,6-10H2,1H3. The van der Waals surface area contributed by atoms with Crippen LogP contribution in [-0.2, 0) is 6.54 Å². The minimum absolute atomic E-state index is 0.00460. The SMILES string of the molecule is Cc1nnsc1C(=O)N1CCN(Cc2nc(-c3ccc(Cl)cc3)no2)CC1. The van der Waals surface area contributed by atoms with Gasteiger partial charge in [-0.2, -0.15) is 4.98 Å². The maximum Gasteiger partial charge on any atom is 0.267 e. The number of aromatic nitrogens is 4. The lowest BCUT2D eigenvalue weighted by molar-refractivity contribution is 0.0619. The Morgan fingerprint density at radius 3 is 2.63 bits per heavy atom. The van der Waals surface area contributed by atoms with Crippen LogP contribution in [0.3, 0.4) is 0 Å². The van der Waals surface area contributed by atoms with Gasteiger partial charge < -0.3 is 9.42 Å². The molecular weight excluding hydrogens is 388 g/mol. The number of carbonyl (C=O) groups is 1. The Hall–Kier alpha value is -2.36. The first kappa shape index (κ1) is 18.0. The fraction of sp³-hybridized carbons (Fsp3) is 0.353.